The zero-order valence-electron chi connectivity index (χ0n) is 13.3. The lowest BCUT2D eigenvalue weighted by Crippen LogP contribution is -2.28. The van der Waals surface area contributed by atoms with Crippen LogP contribution in [-0.4, -0.2) is 16.7 Å². The Hall–Kier alpha value is -3.08. The Morgan fingerprint density at radius 1 is 1.12 bits per heavy atom. The molecule has 0 fully saturated rings. The van der Waals surface area contributed by atoms with Gasteiger partial charge in [-0.15, -0.1) is 0 Å². The summed E-state index contributed by atoms with van der Waals surface area (Å²) < 4.78 is 7.07. The number of aromatic nitrogens is 2. The molecule has 1 aromatic heterocycles. The minimum absolute atomic E-state index is 0.237. The van der Waals surface area contributed by atoms with Crippen LogP contribution in [0.1, 0.15) is 5.56 Å². The zero-order chi connectivity index (χ0) is 16.5. The van der Waals surface area contributed by atoms with Crippen molar-refractivity contribution in [1.82, 2.24) is 9.55 Å². The third kappa shape index (κ3) is 2.44. The molecule has 0 saturated carbocycles. The van der Waals surface area contributed by atoms with E-state index in [4.69, 9.17) is 4.74 Å². The van der Waals surface area contributed by atoms with Crippen molar-refractivity contribution < 1.29 is 4.74 Å². The maximum Gasteiger partial charge on any atom is 0.350 e. The fourth-order valence-electron chi connectivity index (χ4n) is 3.12. The molecule has 0 bridgehead atoms. The molecule has 2 aromatic carbocycles. The normalized spacial score (nSPS) is 12.2. The van der Waals surface area contributed by atoms with E-state index in [-0.39, 0.29) is 5.69 Å². The van der Waals surface area contributed by atoms with Crippen molar-refractivity contribution in [3.8, 4) is 17.0 Å². The molecule has 5 nitrogen and oxygen atoms in total. The molecule has 0 amide bonds. The number of aryl methyl sites for hydroxylation is 1. The number of rotatable bonds is 3. The predicted octanol–water partition coefficient (Wildman–Crippen LogP) is 3.22. The largest absolute Gasteiger partial charge is 0.495 e. The molecular formula is C19H17N3O2. The monoisotopic (exact) mass is 319 g/mol. The SMILES string of the molecule is COc1ccccc1Nc1cc2n(c(=O)n1)CCc1ccccc1-2. The third-order valence-corrected chi connectivity index (χ3v) is 4.28. The molecule has 0 saturated heterocycles. The van der Waals surface area contributed by atoms with Crippen molar-refractivity contribution in [2.75, 3.05) is 12.4 Å². The molecule has 1 N–H and O–H groups in total. The Morgan fingerprint density at radius 2 is 1.92 bits per heavy atom. The van der Waals surface area contributed by atoms with Gasteiger partial charge in [0.05, 0.1) is 18.5 Å². The van der Waals surface area contributed by atoms with Crippen LogP contribution in [0.5, 0.6) is 5.75 Å². The molecule has 1 aliphatic heterocycles. The summed E-state index contributed by atoms with van der Waals surface area (Å²) in [6.07, 6.45) is 0.851. The quantitative estimate of drug-likeness (QED) is 0.805. The van der Waals surface area contributed by atoms with Crippen molar-refractivity contribution in [1.29, 1.82) is 0 Å². The number of methoxy groups -OCH3 is 1. The second kappa shape index (κ2) is 5.85. The number of ether oxygens (including phenoxy) is 1. The van der Waals surface area contributed by atoms with E-state index >= 15 is 0 Å². The number of para-hydroxylation sites is 2. The summed E-state index contributed by atoms with van der Waals surface area (Å²) in [5.74, 6) is 1.23. The van der Waals surface area contributed by atoms with Gasteiger partial charge in [0.2, 0.25) is 0 Å². The molecule has 24 heavy (non-hydrogen) atoms. The van der Waals surface area contributed by atoms with Crippen molar-refractivity contribution in [2.45, 2.75) is 13.0 Å². The molecule has 0 radical (unpaired) electrons. The summed E-state index contributed by atoms with van der Waals surface area (Å²) in [5.41, 5.74) is 3.78. The smallest absolute Gasteiger partial charge is 0.350 e. The van der Waals surface area contributed by atoms with E-state index in [1.165, 1.54) is 5.56 Å². The average molecular weight is 319 g/mol. The van der Waals surface area contributed by atoms with Crippen LogP contribution in [0.25, 0.3) is 11.3 Å². The number of benzene rings is 2. The van der Waals surface area contributed by atoms with Crippen molar-refractivity contribution in [3.05, 3.63) is 70.6 Å². The lowest BCUT2D eigenvalue weighted by atomic mass is 9.98. The van der Waals surface area contributed by atoms with Crippen LogP contribution in [0.2, 0.25) is 0 Å². The Labute approximate surface area is 139 Å². The maximum atomic E-state index is 12.4. The van der Waals surface area contributed by atoms with Gasteiger partial charge in [0.1, 0.15) is 11.6 Å². The number of fused-ring (bicyclic) bond motifs is 3. The van der Waals surface area contributed by atoms with E-state index < -0.39 is 0 Å². The van der Waals surface area contributed by atoms with E-state index in [2.05, 4.69) is 16.4 Å². The van der Waals surface area contributed by atoms with Crippen LogP contribution in [0.4, 0.5) is 11.5 Å². The first-order valence-corrected chi connectivity index (χ1v) is 7.86. The highest BCUT2D eigenvalue weighted by Crippen LogP contribution is 2.31. The molecule has 0 aliphatic carbocycles. The third-order valence-electron chi connectivity index (χ3n) is 4.28. The number of hydrogen-bond acceptors (Lipinski definition) is 4. The molecule has 5 heteroatoms. The molecule has 4 rings (SSSR count). The van der Waals surface area contributed by atoms with Gasteiger partial charge in [0, 0.05) is 18.2 Å². The van der Waals surface area contributed by atoms with Gasteiger partial charge in [-0.3, -0.25) is 4.57 Å². The first-order valence-electron chi connectivity index (χ1n) is 7.86. The topological polar surface area (TPSA) is 56.1 Å². The van der Waals surface area contributed by atoms with Gasteiger partial charge in [-0.05, 0) is 24.1 Å². The van der Waals surface area contributed by atoms with E-state index in [1.54, 1.807) is 11.7 Å². The molecule has 0 atom stereocenters. The number of nitrogens with one attached hydrogen (secondary N) is 1. The van der Waals surface area contributed by atoms with Gasteiger partial charge in [0.25, 0.3) is 0 Å². The van der Waals surface area contributed by atoms with E-state index in [0.717, 1.165) is 23.4 Å². The van der Waals surface area contributed by atoms with Crippen molar-refractivity contribution >= 4 is 11.5 Å². The van der Waals surface area contributed by atoms with Crippen LogP contribution in [0.15, 0.2) is 59.4 Å². The Kier molecular flexibility index (Phi) is 3.54. The van der Waals surface area contributed by atoms with Gasteiger partial charge in [-0.1, -0.05) is 36.4 Å². The highest BCUT2D eigenvalue weighted by Gasteiger charge is 2.18. The minimum Gasteiger partial charge on any atom is -0.495 e. The molecule has 0 unspecified atom stereocenters. The molecule has 0 spiro atoms. The zero-order valence-corrected chi connectivity index (χ0v) is 13.3. The van der Waals surface area contributed by atoms with Gasteiger partial charge in [-0.25, -0.2) is 4.79 Å². The summed E-state index contributed by atoms with van der Waals surface area (Å²) in [7, 11) is 1.62. The molecular weight excluding hydrogens is 302 g/mol. The molecule has 2 heterocycles. The van der Waals surface area contributed by atoms with Gasteiger partial charge in [0.15, 0.2) is 0 Å². The van der Waals surface area contributed by atoms with Gasteiger partial charge in [-0.2, -0.15) is 4.98 Å². The Morgan fingerprint density at radius 3 is 2.79 bits per heavy atom. The van der Waals surface area contributed by atoms with Crippen LogP contribution in [-0.2, 0) is 13.0 Å². The van der Waals surface area contributed by atoms with Crippen LogP contribution in [0, 0.1) is 0 Å². The number of nitrogens with zero attached hydrogens (tertiary/aromatic N) is 2. The maximum absolute atomic E-state index is 12.4. The van der Waals surface area contributed by atoms with Gasteiger partial charge < -0.3 is 10.1 Å². The summed E-state index contributed by atoms with van der Waals surface area (Å²) in [6.45, 7) is 0.660. The first-order chi connectivity index (χ1) is 11.8. The summed E-state index contributed by atoms with van der Waals surface area (Å²) in [5, 5.41) is 3.20. The minimum atomic E-state index is -0.237. The fourth-order valence-corrected chi connectivity index (χ4v) is 3.12. The highest BCUT2D eigenvalue weighted by molar-refractivity contribution is 5.71. The predicted molar refractivity (Wildman–Crippen MR) is 93.9 cm³/mol. The first kappa shape index (κ1) is 14.5. The highest BCUT2D eigenvalue weighted by atomic mass is 16.5. The summed E-state index contributed by atoms with van der Waals surface area (Å²) in [4.78, 5) is 16.6. The van der Waals surface area contributed by atoms with Crippen LogP contribution in [0.3, 0.4) is 0 Å². The number of hydrogen-bond donors (Lipinski definition) is 1. The Bertz CT molecular complexity index is 963. The standard InChI is InChI=1S/C19H17N3O2/c1-24-17-9-5-4-8-15(17)20-18-12-16-14-7-3-2-6-13(14)10-11-22(16)19(23)21-18/h2-9,12H,10-11H2,1H3,(H,20,21,23). The van der Waals surface area contributed by atoms with E-state index in [1.807, 2.05) is 48.5 Å². The molecule has 120 valence electrons. The van der Waals surface area contributed by atoms with Crippen LogP contribution < -0.4 is 15.7 Å². The van der Waals surface area contributed by atoms with Crippen molar-refractivity contribution in [2.24, 2.45) is 0 Å². The second-order valence-corrected chi connectivity index (χ2v) is 5.69. The second-order valence-electron chi connectivity index (χ2n) is 5.69. The van der Waals surface area contributed by atoms with Gasteiger partial charge >= 0.3 is 5.69 Å². The van der Waals surface area contributed by atoms with Crippen LogP contribution >= 0.6 is 0 Å². The lowest BCUT2D eigenvalue weighted by molar-refractivity contribution is 0.417. The van der Waals surface area contributed by atoms with E-state index in [0.29, 0.717) is 18.1 Å². The molecule has 3 aromatic rings. The van der Waals surface area contributed by atoms with Crippen molar-refractivity contribution in [3.63, 3.8) is 0 Å². The fraction of sp³-hybridized carbons (Fsp3) is 0.158. The number of anilines is 2. The average Bonchev–Trinajstić information content (AvgIpc) is 2.62. The lowest BCUT2D eigenvalue weighted by Gasteiger charge is -2.22. The van der Waals surface area contributed by atoms with E-state index in [9.17, 15) is 4.79 Å². The Balaban J connectivity index is 1.80. The summed E-state index contributed by atoms with van der Waals surface area (Å²) >= 11 is 0. The molecule has 1 aliphatic rings. The summed E-state index contributed by atoms with van der Waals surface area (Å²) in [6, 6.07) is 17.7.